The molecule has 2 heterocycles. The Hall–Kier alpha value is -2.62. The lowest BCUT2D eigenvalue weighted by atomic mass is 10.2. The minimum atomic E-state index is 0.496. The fourth-order valence-corrected chi connectivity index (χ4v) is 1.88. The maximum Gasteiger partial charge on any atom is 0.240 e. The second-order valence-corrected chi connectivity index (χ2v) is 3.94. The Bertz CT molecular complexity index is 699. The van der Waals surface area contributed by atoms with E-state index in [1.807, 2.05) is 42.5 Å². The number of pyridine rings is 2. The van der Waals surface area contributed by atoms with Gasteiger partial charge in [-0.1, -0.05) is 18.2 Å². The summed E-state index contributed by atoms with van der Waals surface area (Å²) in [4.78, 5) is 8.42. The quantitative estimate of drug-likeness (QED) is 0.716. The molecule has 0 amide bonds. The van der Waals surface area contributed by atoms with E-state index < -0.39 is 0 Å². The summed E-state index contributed by atoms with van der Waals surface area (Å²) < 4.78 is 11.1. The number of hydrogen-bond donors (Lipinski definition) is 0. The first-order chi connectivity index (χ1) is 9.38. The molecule has 0 radical (unpaired) electrons. The molecule has 0 aliphatic rings. The summed E-state index contributed by atoms with van der Waals surface area (Å²) in [5.74, 6) is 2.01. The Kier molecular flexibility index (Phi) is 2.98. The summed E-state index contributed by atoms with van der Waals surface area (Å²) in [6, 6.07) is 13.3. The molecule has 1 aromatic carbocycles. The van der Waals surface area contributed by atoms with E-state index in [0.29, 0.717) is 11.4 Å². The predicted molar refractivity (Wildman–Crippen MR) is 72.6 cm³/mol. The Morgan fingerprint density at radius 3 is 2.47 bits per heavy atom. The Morgan fingerprint density at radius 2 is 1.68 bits per heavy atom. The van der Waals surface area contributed by atoms with Gasteiger partial charge in [0.2, 0.25) is 5.88 Å². The number of para-hydroxylation sites is 1. The molecule has 94 valence electrons. The highest BCUT2D eigenvalue weighted by molar-refractivity contribution is 5.88. The highest BCUT2D eigenvalue weighted by Gasteiger charge is 2.09. The maximum atomic E-state index is 5.87. The number of aromatic nitrogens is 2. The molecule has 0 aliphatic heterocycles. The van der Waals surface area contributed by atoms with Gasteiger partial charge in [-0.2, -0.15) is 0 Å². The highest BCUT2D eigenvalue weighted by atomic mass is 16.5. The molecule has 0 saturated carbocycles. The van der Waals surface area contributed by atoms with Crippen molar-refractivity contribution in [1.82, 2.24) is 9.97 Å². The van der Waals surface area contributed by atoms with Crippen molar-refractivity contribution in [2.45, 2.75) is 0 Å². The molecular weight excluding hydrogens is 240 g/mol. The number of rotatable bonds is 3. The number of ether oxygens (including phenoxy) is 2. The zero-order valence-corrected chi connectivity index (χ0v) is 10.4. The topological polar surface area (TPSA) is 44.2 Å². The zero-order chi connectivity index (χ0) is 13.1. The van der Waals surface area contributed by atoms with Crippen LogP contribution in [0, 0.1) is 0 Å². The fraction of sp³-hybridized carbons (Fsp3) is 0.0667. The molecule has 19 heavy (non-hydrogen) atoms. The van der Waals surface area contributed by atoms with Gasteiger partial charge < -0.3 is 9.47 Å². The first kappa shape index (κ1) is 11.5. The van der Waals surface area contributed by atoms with Crippen molar-refractivity contribution in [2.75, 3.05) is 7.11 Å². The van der Waals surface area contributed by atoms with E-state index in [4.69, 9.17) is 9.47 Å². The van der Waals surface area contributed by atoms with E-state index in [2.05, 4.69) is 9.97 Å². The average molecular weight is 252 g/mol. The van der Waals surface area contributed by atoms with Crippen LogP contribution < -0.4 is 9.47 Å². The normalized spacial score (nSPS) is 10.4. The minimum absolute atomic E-state index is 0.496. The van der Waals surface area contributed by atoms with Gasteiger partial charge in [-0.05, 0) is 24.3 Å². The minimum Gasteiger partial charge on any atom is -0.479 e. The van der Waals surface area contributed by atoms with Crippen LogP contribution in [0.25, 0.3) is 10.9 Å². The molecule has 0 fully saturated rings. The predicted octanol–water partition coefficient (Wildman–Crippen LogP) is 3.43. The van der Waals surface area contributed by atoms with Crippen molar-refractivity contribution < 1.29 is 9.47 Å². The van der Waals surface area contributed by atoms with Crippen LogP contribution in [0.5, 0.6) is 17.4 Å². The first-order valence-corrected chi connectivity index (χ1v) is 5.89. The maximum absolute atomic E-state index is 5.87. The van der Waals surface area contributed by atoms with Gasteiger partial charge in [0.1, 0.15) is 17.0 Å². The second-order valence-electron chi connectivity index (χ2n) is 3.94. The van der Waals surface area contributed by atoms with Crippen LogP contribution in [0.3, 0.4) is 0 Å². The van der Waals surface area contributed by atoms with Crippen molar-refractivity contribution in [2.24, 2.45) is 0 Å². The monoisotopic (exact) mass is 252 g/mol. The Labute approximate surface area is 110 Å². The summed E-state index contributed by atoms with van der Waals surface area (Å²) in [5.41, 5.74) is 0.693. The van der Waals surface area contributed by atoms with Gasteiger partial charge in [0.25, 0.3) is 0 Å². The SMILES string of the molecule is COc1nccc2c(Oc3ccccc3)ccnc12. The fourth-order valence-electron chi connectivity index (χ4n) is 1.88. The van der Waals surface area contributed by atoms with Gasteiger partial charge in [-0.25, -0.2) is 4.98 Å². The number of benzene rings is 1. The standard InChI is InChI=1S/C15H12N2O2/c1-18-15-14-12(7-9-17-15)13(8-10-16-14)19-11-5-3-2-4-6-11/h2-10H,1H3. The molecule has 3 aromatic rings. The third-order valence-electron chi connectivity index (χ3n) is 2.75. The van der Waals surface area contributed by atoms with E-state index in [1.54, 1.807) is 19.5 Å². The van der Waals surface area contributed by atoms with Gasteiger partial charge in [0, 0.05) is 12.4 Å². The first-order valence-electron chi connectivity index (χ1n) is 5.89. The van der Waals surface area contributed by atoms with Gasteiger partial charge in [-0.3, -0.25) is 4.98 Å². The largest absolute Gasteiger partial charge is 0.479 e. The van der Waals surface area contributed by atoms with Crippen molar-refractivity contribution in [3.63, 3.8) is 0 Å². The summed E-state index contributed by atoms with van der Waals surface area (Å²) in [5, 5.41) is 0.873. The van der Waals surface area contributed by atoms with Crippen LogP contribution in [0.2, 0.25) is 0 Å². The van der Waals surface area contributed by atoms with Crippen molar-refractivity contribution in [3.05, 3.63) is 54.9 Å². The number of fused-ring (bicyclic) bond motifs is 1. The smallest absolute Gasteiger partial charge is 0.240 e. The Morgan fingerprint density at radius 1 is 0.895 bits per heavy atom. The van der Waals surface area contributed by atoms with Crippen LogP contribution in [0.4, 0.5) is 0 Å². The molecule has 0 saturated heterocycles. The van der Waals surface area contributed by atoms with Crippen LogP contribution in [-0.4, -0.2) is 17.1 Å². The average Bonchev–Trinajstić information content (AvgIpc) is 2.48. The van der Waals surface area contributed by atoms with E-state index in [9.17, 15) is 0 Å². The van der Waals surface area contributed by atoms with Gasteiger partial charge in [-0.15, -0.1) is 0 Å². The molecule has 0 atom stereocenters. The number of methoxy groups -OCH3 is 1. The van der Waals surface area contributed by atoms with Gasteiger partial charge in [0.15, 0.2) is 0 Å². The summed E-state index contributed by atoms with van der Waals surface area (Å²) in [6.45, 7) is 0. The van der Waals surface area contributed by atoms with Crippen LogP contribution in [0.1, 0.15) is 0 Å². The molecule has 0 aliphatic carbocycles. The molecule has 0 spiro atoms. The van der Waals surface area contributed by atoms with Crippen molar-refractivity contribution >= 4 is 10.9 Å². The van der Waals surface area contributed by atoms with Crippen LogP contribution in [-0.2, 0) is 0 Å². The molecule has 0 unspecified atom stereocenters. The van der Waals surface area contributed by atoms with Crippen molar-refractivity contribution in [1.29, 1.82) is 0 Å². The Balaban J connectivity index is 2.09. The van der Waals surface area contributed by atoms with E-state index in [-0.39, 0.29) is 0 Å². The molecule has 0 bridgehead atoms. The van der Waals surface area contributed by atoms with Crippen molar-refractivity contribution in [3.8, 4) is 17.4 Å². The van der Waals surface area contributed by atoms with Crippen LogP contribution in [0.15, 0.2) is 54.9 Å². The number of hydrogen-bond acceptors (Lipinski definition) is 4. The summed E-state index contributed by atoms with van der Waals surface area (Å²) in [7, 11) is 1.58. The third kappa shape index (κ3) is 2.20. The molecule has 2 aromatic heterocycles. The molecule has 3 rings (SSSR count). The molecule has 0 N–H and O–H groups in total. The van der Waals surface area contributed by atoms with E-state index in [1.165, 1.54) is 0 Å². The van der Waals surface area contributed by atoms with Gasteiger partial charge >= 0.3 is 0 Å². The van der Waals surface area contributed by atoms with Gasteiger partial charge in [0.05, 0.1) is 12.5 Å². The third-order valence-corrected chi connectivity index (χ3v) is 2.75. The summed E-state index contributed by atoms with van der Waals surface area (Å²) in [6.07, 6.45) is 3.37. The summed E-state index contributed by atoms with van der Waals surface area (Å²) >= 11 is 0. The zero-order valence-electron chi connectivity index (χ0n) is 10.4. The highest BCUT2D eigenvalue weighted by Crippen LogP contribution is 2.31. The van der Waals surface area contributed by atoms with E-state index >= 15 is 0 Å². The molecular formula is C15H12N2O2. The lowest BCUT2D eigenvalue weighted by Crippen LogP contribution is -1.93. The molecule has 4 nitrogen and oxygen atoms in total. The lowest BCUT2D eigenvalue weighted by molar-refractivity contribution is 0.402. The van der Waals surface area contributed by atoms with Crippen LogP contribution >= 0.6 is 0 Å². The molecule has 4 heteroatoms. The second kappa shape index (κ2) is 4.94. The number of nitrogens with zero attached hydrogens (tertiary/aromatic N) is 2. The van der Waals surface area contributed by atoms with E-state index in [0.717, 1.165) is 16.9 Å². The lowest BCUT2D eigenvalue weighted by Gasteiger charge is -2.09.